The molecule has 1 aliphatic rings. The minimum absolute atomic E-state index is 0.00204. The molecule has 3 heterocycles. The number of hydrogen-bond acceptors (Lipinski definition) is 9. The van der Waals surface area contributed by atoms with Crippen molar-refractivity contribution in [3.8, 4) is 11.4 Å². The predicted octanol–water partition coefficient (Wildman–Crippen LogP) is 5.95. The number of carbonyl (C=O) groups excluding carboxylic acids is 1. The molecule has 1 aliphatic heterocycles. The summed E-state index contributed by atoms with van der Waals surface area (Å²) < 4.78 is 64.8. The molecule has 52 heavy (non-hydrogen) atoms. The van der Waals surface area contributed by atoms with Gasteiger partial charge in [0.25, 0.3) is 5.91 Å². The number of methoxy groups -OCH3 is 1. The molecule has 16 heteroatoms. The van der Waals surface area contributed by atoms with E-state index in [1.165, 1.54) is 30.3 Å². The predicted molar refractivity (Wildman–Crippen MR) is 186 cm³/mol. The molecule has 0 radical (unpaired) electrons. The van der Waals surface area contributed by atoms with E-state index in [9.17, 15) is 22.4 Å². The van der Waals surface area contributed by atoms with Crippen LogP contribution in [0.3, 0.4) is 0 Å². The summed E-state index contributed by atoms with van der Waals surface area (Å²) in [4.78, 5) is 20.7. The highest BCUT2D eigenvalue weighted by molar-refractivity contribution is 5.97. The van der Waals surface area contributed by atoms with Crippen LogP contribution in [0.15, 0.2) is 73.1 Å². The standard InChI is InChI=1S/C36H41F4N9O3/c1-3-28(47-16-14-27(15-17-47)43-35-44-31-6-4-5-7-32(31)48(35)18-19-52-36(38,39)40)20-25(24-8-10-26(37)11-9-24)22-41-34(50)30-21-29(12-13-33(30)51-2)49-23-42-45-46-49/h4-13,21,23,25,27-28H,3,14-20,22H2,1-2H3,(H,41,50)(H,43,44). The summed E-state index contributed by atoms with van der Waals surface area (Å²) in [7, 11) is 1.50. The summed E-state index contributed by atoms with van der Waals surface area (Å²) >= 11 is 0. The third kappa shape index (κ3) is 9.03. The fourth-order valence-corrected chi connectivity index (χ4v) is 6.84. The van der Waals surface area contributed by atoms with Crippen LogP contribution in [-0.4, -0.2) is 92.4 Å². The molecule has 1 saturated heterocycles. The van der Waals surface area contributed by atoms with Gasteiger partial charge < -0.3 is 24.8 Å². The molecule has 2 N–H and O–H groups in total. The lowest BCUT2D eigenvalue weighted by Gasteiger charge is -2.39. The number of benzene rings is 3. The molecule has 0 aliphatic carbocycles. The summed E-state index contributed by atoms with van der Waals surface area (Å²) in [5, 5.41) is 17.8. The lowest BCUT2D eigenvalue weighted by Crippen LogP contribution is -2.45. The zero-order chi connectivity index (χ0) is 36.7. The second-order valence-corrected chi connectivity index (χ2v) is 12.7. The van der Waals surface area contributed by atoms with E-state index in [-0.39, 0.29) is 36.3 Å². The molecule has 6 rings (SSSR count). The molecule has 2 atom stereocenters. The molecule has 0 spiro atoms. The van der Waals surface area contributed by atoms with E-state index in [0.717, 1.165) is 49.9 Å². The first-order valence-corrected chi connectivity index (χ1v) is 17.2. The van der Waals surface area contributed by atoms with Crippen molar-refractivity contribution in [3.63, 3.8) is 0 Å². The van der Waals surface area contributed by atoms with Crippen molar-refractivity contribution in [2.45, 2.75) is 63.5 Å². The highest BCUT2D eigenvalue weighted by Gasteiger charge is 2.30. The first-order valence-electron chi connectivity index (χ1n) is 17.2. The Morgan fingerprint density at radius 3 is 2.52 bits per heavy atom. The molecular weight excluding hydrogens is 682 g/mol. The Labute approximate surface area is 298 Å². The van der Waals surface area contributed by atoms with Crippen LogP contribution in [0.5, 0.6) is 5.75 Å². The number of imidazole rings is 1. The number of rotatable bonds is 15. The fraction of sp³-hybridized carbons (Fsp3) is 0.417. The number of nitrogens with one attached hydrogen (secondary N) is 2. The largest absolute Gasteiger partial charge is 0.522 e. The fourth-order valence-electron chi connectivity index (χ4n) is 6.84. The number of para-hydroxylation sites is 2. The quantitative estimate of drug-likeness (QED) is 0.126. The van der Waals surface area contributed by atoms with Gasteiger partial charge in [0.2, 0.25) is 5.95 Å². The van der Waals surface area contributed by atoms with Gasteiger partial charge in [-0.1, -0.05) is 31.2 Å². The summed E-state index contributed by atoms with van der Waals surface area (Å²) in [6.45, 7) is 3.50. The maximum atomic E-state index is 14.0. The highest BCUT2D eigenvalue weighted by atomic mass is 19.4. The maximum Gasteiger partial charge on any atom is 0.522 e. The third-order valence-corrected chi connectivity index (χ3v) is 9.53. The SMILES string of the molecule is CCC(CC(CNC(=O)c1cc(-n2cnnn2)ccc1OC)c1ccc(F)cc1)N1CCC(Nc2nc3ccccc3n2CCOC(F)(F)F)CC1. The number of ether oxygens (including phenoxy) is 2. The Kier molecular flexibility index (Phi) is 11.6. The van der Waals surface area contributed by atoms with Crippen molar-refractivity contribution in [3.05, 3.63) is 90.0 Å². The minimum Gasteiger partial charge on any atom is -0.496 e. The Balaban J connectivity index is 1.11. The normalized spacial score (nSPS) is 15.4. The average molecular weight is 724 g/mol. The van der Waals surface area contributed by atoms with Gasteiger partial charge in [-0.15, -0.1) is 18.3 Å². The second-order valence-electron chi connectivity index (χ2n) is 12.7. The van der Waals surface area contributed by atoms with Crippen molar-refractivity contribution in [1.29, 1.82) is 0 Å². The van der Waals surface area contributed by atoms with E-state index in [0.29, 0.717) is 35.0 Å². The Hall–Kier alpha value is -5.09. The van der Waals surface area contributed by atoms with Crippen molar-refractivity contribution in [1.82, 2.24) is 40.0 Å². The highest BCUT2D eigenvalue weighted by Crippen LogP contribution is 2.29. The molecule has 1 amide bonds. The third-order valence-electron chi connectivity index (χ3n) is 9.53. The first kappa shape index (κ1) is 36.7. The number of fused-ring (bicyclic) bond motifs is 1. The number of piperidine rings is 1. The minimum atomic E-state index is -4.70. The zero-order valence-corrected chi connectivity index (χ0v) is 28.9. The second kappa shape index (κ2) is 16.5. The summed E-state index contributed by atoms with van der Waals surface area (Å²) in [5.74, 6) is 0.150. The zero-order valence-electron chi connectivity index (χ0n) is 28.9. The van der Waals surface area contributed by atoms with Gasteiger partial charge in [-0.05, 0) is 84.1 Å². The molecule has 2 aromatic heterocycles. The van der Waals surface area contributed by atoms with Gasteiger partial charge in [-0.2, -0.15) is 0 Å². The Morgan fingerprint density at radius 2 is 1.83 bits per heavy atom. The topological polar surface area (TPSA) is 124 Å². The van der Waals surface area contributed by atoms with Crippen molar-refractivity contribution in [2.75, 3.05) is 38.7 Å². The number of halogens is 4. The van der Waals surface area contributed by atoms with Gasteiger partial charge >= 0.3 is 6.36 Å². The van der Waals surface area contributed by atoms with Crippen molar-refractivity contribution in [2.24, 2.45) is 0 Å². The van der Waals surface area contributed by atoms with Crippen LogP contribution in [-0.2, 0) is 11.3 Å². The molecule has 276 valence electrons. The Morgan fingerprint density at radius 1 is 1.06 bits per heavy atom. The number of likely N-dealkylation sites (tertiary alicyclic amines) is 1. The first-order chi connectivity index (χ1) is 25.1. The number of hydrogen-bond donors (Lipinski definition) is 2. The Bertz CT molecular complexity index is 1910. The van der Waals surface area contributed by atoms with Crippen LogP contribution in [0.2, 0.25) is 0 Å². The number of anilines is 1. The van der Waals surface area contributed by atoms with Crippen molar-refractivity contribution >= 4 is 22.9 Å². The monoisotopic (exact) mass is 723 g/mol. The smallest absolute Gasteiger partial charge is 0.496 e. The van der Waals surface area contributed by atoms with E-state index >= 15 is 0 Å². The molecule has 2 unspecified atom stereocenters. The number of nitrogens with zero attached hydrogens (tertiary/aromatic N) is 7. The van der Waals surface area contributed by atoms with Gasteiger partial charge in [0.05, 0.1) is 36.0 Å². The molecule has 0 saturated carbocycles. The number of alkyl halides is 3. The summed E-state index contributed by atoms with van der Waals surface area (Å²) in [6, 6.07) is 19.1. The van der Waals surface area contributed by atoms with Gasteiger partial charge in [-0.3, -0.25) is 9.53 Å². The summed E-state index contributed by atoms with van der Waals surface area (Å²) in [6.07, 6.45) is -0.0858. The van der Waals surface area contributed by atoms with Crippen LogP contribution >= 0.6 is 0 Å². The number of aromatic nitrogens is 6. The average Bonchev–Trinajstić information content (AvgIpc) is 3.81. The molecule has 5 aromatic rings. The molecule has 0 bridgehead atoms. The van der Waals surface area contributed by atoms with Gasteiger partial charge in [0.1, 0.15) is 17.9 Å². The van der Waals surface area contributed by atoms with Crippen LogP contribution < -0.4 is 15.4 Å². The lowest BCUT2D eigenvalue weighted by molar-refractivity contribution is -0.325. The van der Waals surface area contributed by atoms with E-state index in [1.807, 2.05) is 24.3 Å². The number of tetrazole rings is 1. The van der Waals surface area contributed by atoms with E-state index in [1.54, 1.807) is 34.9 Å². The molecule has 3 aromatic carbocycles. The molecular formula is C36H41F4N9O3. The van der Waals surface area contributed by atoms with Crippen LogP contribution in [0, 0.1) is 5.82 Å². The van der Waals surface area contributed by atoms with Gasteiger partial charge in [-0.25, -0.2) is 14.1 Å². The van der Waals surface area contributed by atoms with Crippen molar-refractivity contribution < 1.29 is 31.8 Å². The maximum absolute atomic E-state index is 14.0. The van der Waals surface area contributed by atoms with Gasteiger partial charge in [0, 0.05) is 44.2 Å². The number of carbonyl (C=O) groups is 1. The number of amides is 1. The van der Waals surface area contributed by atoms with Crippen LogP contribution in [0.25, 0.3) is 16.7 Å². The van der Waals surface area contributed by atoms with E-state index < -0.39 is 13.0 Å². The van der Waals surface area contributed by atoms with E-state index in [4.69, 9.17) is 4.74 Å². The molecule has 12 nitrogen and oxygen atoms in total. The van der Waals surface area contributed by atoms with E-state index in [2.05, 4.69) is 47.7 Å². The molecule has 1 fully saturated rings. The van der Waals surface area contributed by atoms with Crippen LogP contribution in [0.1, 0.15) is 54.4 Å². The lowest BCUT2D eigenvalue weighted by atomic mass is 9.89. The summed E-state index contributed by atoms with van der Waals surface area (Å²) in [5.41, 5.74) is 3.27. The van der Waals surface area contributed by atoms with Crippen LogP contribution in [0.4, 0.5) is 23.5 Å². The van der Waals surface area contributed by atoms with Gasteiger partial charge in [0.15, 0.2) is 0 Å².